The average molecular weight is 228 g/mol. The van der Waals surface area contributed by atoms with Crippen LogP contribution in [0.1, 0.15) is 24.2 Å². The van der Waals surface area contributed by atoms with Crippen molar-refractivity contribution in [2.24, 2.45) is 5.73 Å². The number of nitrogens with two attached hydrogens (primary N) is 1. The smallest absolute Gasteiger partial charge is 0.243 e. The molecule has 2 N–H and O–H groups in total. The number of ether oxygens (including phenoxy) is 1. The fourth-order valence-corrected chi connectivity index (χ4v) is 1.21. The number of rotatable bonds is 7. The predicted molar refractivity (Wildman–Crippen MR) is 60.0 cm³/mol. The third kappa shape index (κ3) is 4.26. The van der Waals surface area contributed by atoms with E-state index in [2.05, 4.69) is 15.0 Å². The van der Waals surface area contributed by atoms with Crippen LogP contribution in [0.25, 0.3) is 0 Å². The van der Waals surface area contributed by atoms with Gasteiger partial charge in [-0.15, -0.1) is 0 Å². The van der Waals surface area contributed by atoms with E-state index in [0.29, 0.717) is 24.7 Å². The molecule has 0 radical (unpaired) electrons. The topological polar surface area (TPSA) is 77.4 Å². The molecule has 6 heteroatoms. The van der Waals surface area contributed by atoms with Gasteiger partial charge in [0.05, 0.1) is 6.04 Å². The molecule has 92 valence electrons. The number of hydrogen-bond acceptors (Lipinski definition) is 6. The molecule has 0 saturated carbocycles. The fraction of sp³-hybridized carbons (Fsp3) is 0.800. The molecule has 0 fully saturated rings. The molecule has 1 heterocycles. The summed E-state index contributed by atoms with van der Waals surface area (Å²) >= 11 is 0. The highest BCUT2D eigenvalue weighted by molar-refractivity contribution is 4.92. The van der Waals surface area contributed by atoms with Crippen molar-refractivity contribution in [2.75, 3.05) is 34.4 Å². The maximum Gasteiger partial charge on any atom is 0.243 e. The van der Waals surface area contributed by atoms with Crippen molar-refractivity contribution in [2.45, 2.75) is 18.9 Å². The van der Waals surface area contributed by atoms with Gasteiger partial charge in [-0.1, -0.05) is 5.16 Å². The summed E-state index contributed by atoms with van der Waals surface area (Å²) in [6.45, 7) is 1.49. The zero-order valence-electron chi connectivity index (χ0n) is 10.1. The second-order valence-corrected chi connectivity index (χ2v) is 3.99. The maximum absolute atomic E-state index is 5.86. The van der Waals surface area contributed by atoms with Crippen molar-refractivity contribution >= 4 is 0 Å². The van der Waals surface area contributed by atoms with Crippen molar-refractivity contribution in [3.63, 3.8) is 0 Å². The number of hydrogen-bond donors (Lipinski definition) is 1. The minimum atomic E-state index is -0.236. The van der Waals surface area contributed by atoms with E-state index < -0.39 is 0 Å². The Bertz CT molecular complexity index is 301. The Hall–Kier alpha value is -0.980. The summed E-state index contributed by atoms with van der Waals surface area (Å²) in [5.41, 5.74) is 5.86. The van der Waals surface area contributed by atoms with Crippen LogP contribution in [0.2, 0.25) is 0 Å². The minimum absolute atomic E-state index is 0.236. The first-order valence-corrected chi connectivity index (χ1v) is 5.35. The Balaban J connectivity index is 2.43. The first-order chi connectivity index (χ1) is 7.63. The third-order valence-electron chi connectivity index (χ3n) is 2.22. The Morgan fingerprint density at radius 2 is 2.25 bits per heavy atom. The molecule has 1 aromatic heterocycles. The van der Waals surface area contributed by atoms with Gasteiger partial charge < -0.3 is 19.9 Å². The molecule has 1 rings (SSSR count). The molecule has 0 aromatic carbocycles. The lowest BCUT2D eigenvalue weighted by Gasteiger charge is -2.06. The van der Waals surface area contributed by atoms with Gasteiger partial charge in [-0.2, -0.15) is 4.98 Å². The largest absolute Gasteiger partial charge is 0.385 e. The van der Waals surface area contributed by atoms with Crippen LogP contribution in [0.5, 0.6) is 0 Å². The van der Waals surface area contributed by atoms with Gasteiger partial charge in [0.25, 0.3) is 0 Å². The molecule has 0 aliphatic carbocycles. The average Bonchev–Trinajstić information content (AvgIpc) is 2.71. The van der Waals surface area contributed by atoms with Crippen LogP contribution < -0.4 is 5.73 Å². The summed E-state index contributed by atoms with van der Waals surface area (Å²) < 4.78 is 10.0. The molecule has 0 amide bonds. The van der Waals surface area contributed by atoms with E-state index in [1.54, 1.807) is 7.11 Å². The highest BCUT2D eigenvalue weighted by atomic mass is 16.5. The Kier molecular flexibility index (Phi) is 5.37. The fourth-order valence-electron chi connectivity index (χ4n) is 1.21. The molecule has 0 aliphatic heterocycles. The lowest BCUT2D eigenvalue weighted by atomic mass is 10.2. The predicted octanol–water partition coefficient (Wildman–Crippen LogP) is 0.210. The van der Waals surface area contributed by atoms with Gasteiger partial charge >= 0.3 is 0 Å². The lowest BCUT2D eigenvalue weighted by molar-refractivity contribution is 0.182. The van der Waals surface area contributed by atoms with Gasteiger partial charge in [-0.25, -0.2) is 0 Å². The maximum atomic E-state index is 5.86. The van der Waals surface area contributed by atoms with Crippen LogP contribution in [-0.2, 0) is 11.2 Å². The SMILES string of the molecule is COCCC(N)c1nc(CCN(C)C)no1. The van der Waals surface area contributed by atoms with E-state index in [1.807, 2.05) is 14.1 Å². The summed E-state index contributed by atoms with van der Waals surface area (Å²) in [5.74, 6) is 1.20. The van der Waals surface area contributed by atoms with Gasteiger partial charge in [0.1, 0.15) is 0 Å². The Morgan fingerprint density at radius 1 is 1.50 bits per heavy atom. The monoisotopic (exact) mass is 228 g/mol. The molecule has 0 spiro atoms. The molecule has 0 saturated heterocycles. The van der Waals surface area contributed by atoms with E-state index in [0.717, 1.165) is 13.0 Å². The summed E-state index contributed by atoms with van der Waals surface area (Å²) in [4.78, 5) is 6.32. The van der Waals surface area contributed by atoms with Crippen LogP contribution in [0.15, 0.2) is 4.52 Å². The van der Waals surface area contributed by atoms with E-state index >= 15 is 0 Å². The normalized spacial score (nSPS) is 13.3. The highest BCUT2D eigenvalue weighted by Crippen LogP contribution is 2.11. The standard InChI is InChI=1S/C10H20N4O2/c1-14(2)6-4-9-12-10(16-13-9)8(11)5-7-15-3/h8H,4-7,11H2,1-3H3. The Morgan fingerprint density at radius 3 is 2.88 bits per heavy atom. The molecule has 1 aromatic rings. The van der Waals surface area contributed by atoms with Crippen LogP contribution >= 0.6 is 0 Å². The van der Waals surface area contributed by atoms with E-state index in [1.165, 1.54) is 0 Å². The van der Waals surface area contributed by atoms with Crippen molar-refractivity contribution in [3.8, 4) is 0 Å². The summed E-state index contributed by atoms with van der Waals surface area (Å²) in [7, 11) is 5.65. The zero-order chi connectivity index (χ0) is 12.0. The molecule has 1 unspecified atom stereocenters. The van der Waals surface area contributed by atoms with Crippen molar-refractivity contribution in [1.82, 2.24) is 15.0 Å². The molecular formula is C10H20N4O2. The van der Waals surface area contributed by atoms with E-state index in [4.69, 9.17) is 15.0 Å². The first-order valence-electron chi connectivity index (χ1n) is 5.35. The summed E-state index contributed by atoms with van der Waals surface area (Å²) in [6.07, 6.45) is 1.46. The highest BCUT2D eigenvalue weighted by Gasteiger charge is 2.14. The van der Waals surface area contributed by atoms with E-state index in [9.17, 15) is 0 Å². The molecule has 16 heavy (non-hydrogen) atoms. The number of nitrogens with zero attached hydrogens (tertiary/aromatic N) is 3. The van der Waals surface area contributed by atoms with Gasteiger partial charge in [0.2, 0.25) is 5.89 Å². The lowest BCUT2D eigenvalue weighted by Crippen LogP contribution is -2.16. The zero-order valence-corrected chi connectivity index (χ0v) is 10.1. The summed E-state index contributed by atoms with van der Waals surface area (Å²) in [6, 6.07) is -0.236. The molecule has 0 aliphatic rings. The second kappa shape index (κ2) is 6.57. The second-order valence-electron chi connectivity index (χ2n) is 3.99. The van der Waals surface area contributed by atoms with Crippen molar-refractivity contribution < 1.29 is 9.26 Å². The first kappa shape index (κ1) is 13.1. The molecule has 1 atom stereocenters. The third-order valence-corrected chi connectivity index (χ3v) is 2.22. The van der Waals surface area contributed by atoms with Crippen molar-refractivity contribution in [3.05, 3.63) is 11.7 Å². The van der Waals surface area contributed by atoms with Gasteiger partial charge in [0.15, 0.2) is 5.82 Å². The van der Waals surface area contributed by atoms with E-state index in [-0.39, 0.29) is 6.04 Å². The van der Waals surface area contributed by atoms with Crippen LogP contribution in [0.4, 0.5) is 0 Å². The molecular weight excluding hydrogens is 208 g/mol. The Labute approximate surface area is 95.7 Å². The van der Waals surface area contributed by atoms with Gasteiger partial charge in [0, 0.05) is 26.7 Å². The number of likely N-dealkylation sites (N-methyl/N-ethyl adjacent to an activating group) is 1. The number of aromatic nitrogens is 2. The molecule has 6 nitrogen and oxygen atoms in total. The quantitative estimate of drug-likeness (QED) is 0.719. The van der Waals surface area contributed by atoms with Crippen LogP contribution in [-0.4, -0.2) is 49.4 Å². The minimum Gasteiger partial charge on any atom is -0.385 e. The van der Waals surface area contributed by atoms with Crippen molar-refractivity contribution in [1.29, 1.82) is 0 Å². The number of methoxy groups -OCH3 is 1. The van der Waals surface area contributed by atoms with Gasteiger partial charge in [-0.3, -0.25) is 0 Å². The van der Waals surface area contributed by atoms with Crippen LogP contribution in [0.3, 0.4) is 0 Å². The van der Waals surface area contributed by atoms with Gasteiger partial charge in [-0.05, 0) is 20.5 Å². The summed E-state index contributed by atoms with van der Waals surface area (Å²) in [5, 5.41) is 3.88. The van der Waals surface area contributed by atoms with Crippen LogP contribution in [0, 0.1) is 0 Å². The molecule has 0 bridgehead atoms.